The van der Waals surface area contributed by atoms with Gasteiger partial charge in [0.2, 0.25) is 11.6 Å². The number of aromatic amines is 1. The minimum atomic E-state index is -0.992. The van der Waals surface area contributed by atoms with E-state index in [0.717, 1.165) is 40.7 Å². The minimum absolute atomic E-state index is 0.00265. The van der Waals surface area contributed by atoms with E-state index in [0.29, 0.717) is 33.1 Å². The van der Waals surface area contributed by atoms with Crippen LogP contribution in [0.4, 0.5) is 48.7 Å². The average Bonchev–Trinajstić information content (AvgIpc) is 3.73. The summed E-state index contributed by atoms with van der Waals surface area (Å²) in [5.74, 6) is -2.34. The number of H-pyrrole nitrogens is 1. The summed E-state index contributed by atoms with van der Waals surface area (Å²) in [4.78, 5) is 54.9. The Bertz CT molecular complexity index is 3240. The number of carbonyl (C=O) groups excluding carboxylic acids is 2. The van der Waals surface area contributed by atoms with Crippen LogP contribution >= 0.6 is 23.5 Å². The number of aromatic hydroxyl groups is 3. The first-order chi connectivity index (χ1) is 34.7. The van der Waals surface area contributed by atoms with Gasteiger partial charge in [-0.15, -0.1) is 23.5 Å². The van der Waals surface area contributed by atoms with E-state index < -0.39 is 32.2 Å². The largest absolute Gasteiger partial charge is 0.508 e. The predicted octanol–water partition coefficient (Wildman–Crippen LogP) is 12.4. The molecule has 0 saturated carbocycles. The lowest BCUT2D eigenvalue weighted by molar-refractivity contribution is -0.385. The standard InChI is InChI=1S/C17H15FN2O4S.C17H16N2O4S.C16H13FN4O3/c1-10-9-13(21)7-8-14(10)19-17(25-2)15(18)16(22)11-3-5-12(6-4-11)20(23)24;1-11-9-14(20)7-8-15(11)18-17(24-2)10-16(21)12-3-5-13(6-4-12)19(22)23;1-9-8-12(22)6-7-13(9)18-16-14(17)15(19-20-16)10-2-4-11(5-3-10)21(23)24/h3-9,19,21H,1-2H3;3-10,18,20H,1-2H3;2-8,22H,1H3,(H2,18,19,20)/b17-15+;17-10-;. The molecule has 73 heavy (non-hydrogen) atoms. The van der Waals surface area contributed by atoms with Crippen LogP contribution in [0.15, 0.2) is 149 Å². The molecule has 7 aromatic rings. The van der Waals surface area contributed by atoms with Crippen LogP contribution in [0.3, 0.4) is 0 Å². The van der Waals surface area contributed by atoms with Gasteiger partial charge in [0.1, 0.15) is 28.0 Å². The Kier molecular flexibility index (Phi) is 18.9. The van der Waals surface area contributed by atoms with E-state index in [-0.39, 0.29) is 62.2 Å². The van der Waals surface area contributed by atoms with Crippen LogP contribution < -0.4 is 16.0 Å². The van der Waals surface area contributed by atoms with Gasteiger partial charge in [-0.05, 0) is 141 Å². The summed E-state index contributed by atoms with van der Waals surface area (Å²) in [6, 6.07) is 29.8. The molecule has 1 aromatic heterocycles. The van der Waals surface area contributed by atoms with Crippen LogP contribution in [0.5, 0.6) is 17.2 Å². The Morgan fingerprint density at radius 2 is 1.04 bits per heavy atom. The SMILES string of the molecule is CS/C(=C\C(=O)c1ccc([N+](=O)[O-])cc1)Nc1ccc(O)cc1C.CS/C(Nc1ccc(O)cc1C)=C(/F)C(=O)c1ccc([N+](=O)[O-])cc1.Cc1cc(O)ccc1Nc1n[nH]c(-c2ccc([N+](=O)[O-])cc2)c1F. The van der Waals surface area contributed by atoms with Crippen molar-refractivity contribution in [3.8, 4) is 28.5 Å². The van der Waals surface area contributed by atoms with Gasteiger partial charge in [-0.1, -0.05) is 0 Å². The number of rotatable bonds is 16. The molecule has 7 rings (SSSR count). The molecule has 0 spiro atoms. The zero-order chi connectivity index (χ0) is 53.5. The molecule has 19 nitrogen and oxygen atoms in total. The number of aryl methyl sites for hydroxylation is 3. The number of halogens is 2. The summed E-state index contributed by atoms with van der Waals surface area (Å²) < 4.78 is 29.1. The molecule has 0 fully saturated rings. The Labute approximate surface area is 423 Å². The number of nitrogens with zero attached hydrogens (tertiary/aromatic N) is 4. The number of hydrogen-bond donors (Lipinski definition) is 7. The Balaban J connectivity index is 0.000000203. The monoisotopic (exact) mass is 1030 g/mol. The number of phenols is 3. The number of nitrogens with one attached hydrogen (secondary N) is 4. The van der Waals surface area contributed by atoms with Crippen molar-refractivity contribution in [1.82, 2.24) is 10.2 Å². The van der Waals surface area contributed by atoms with Gasteiger partial charge in [0.05, 0.1) is 19.8 Å². The molecular formula is C50H44F2N8O11S2. The van der Waals surface area contributed by atoms with E-state index in [2.05, 4.69) is 26.1 Å². The molecule has 376 valence electrons. The Morgan fingerprint density at radius 1 is 0.616 bits per heavy atom. The molecule has 0 aliphatic carbocycles. The van der Waals surface area contributed by atoms with Crippen molar-refractivity contribution in [1.29, 1.82) is 0 Å². The lowest BCUT2D eigenvalue weighted by Gasteiger charge is -2.12. The molecule has 0 unspecified atom stereocenters. The van der Waals surface area contributed by atoms with Crippen molar-refractivity contribution in [2.45, 2.75) is 20.8 Å². The van der Waals surface area contributed by atoms with Crippen molar-refractivity contribution in [3.63, 3.8) is 0 Å². The van der Waals surface area contributed by atoms with E-state index in [9.17, 15) is 64.0 Å². The lowest BCUT2D eigenvalue weighted by Crippen LogP contribution is -2.07. The summed E-state index contributed by atoms with van der Waals surface area (Å²) in [5, 5.41) is 76.1. The second-order valence-electron chi connectivity index (χ2n) is 15.3. The third kappa shape index (κ3) is 15.0. The van der Waals surface area contributed by atoms with E-state index in [4.69, 9.17) is 0 Å². The molecule has 0 amide bonds. The quantitative estimate of drug-likeness (QED) is 0.0156. The molecule has 0 radical (unpaired) electrons. The molecule has 6 aromatic carbocycles. The first-order valence-electron chi connectivity index (χ1n) is 21.2. The number of aromatic nitrogens is 2. The first-order valence-corrected chi connectivity index (χ1v) is 23.6. The molecule has 0 saturated heterocycles. The van der Waals surface area contributed by atoms with E-state index in [1.54, 1.807) is 56.5 Å². The van der Waals surface area contributed by atoms with Crippen LogP contribution in [-0.4, -0.2) is 64.4 Å². The third-order valence-corrected chi connectivity index (χ3v) is 11.6. The number of benzene rings is 6. The van der Waals surface area contributed by atoms with Crippen LogP contribution in [0.2, 0.25) is 0 Å². The second-order valence-corrected chi connectivity index (χ2v) is 17.0. The maximum Gasteiger partial charge on any atom is 0.269 e. The molecule has 1 heterocycles. The Hall–Kier alpha value is -9.09. The van der Waals surface area contributed by atoms with Crippen LogP contribution in [-0.2, 0) is 0 Å². The minimum Gasteiger partial charge on any atom is -0.508 e. The number of carbonyl (C=O) groups is 2. The van der Waals surface area contributed by atoms with E-state index in [1.165, 1.54) is 96.7 Å². The van der Waals surface area contributed by atoms with Crippen LogP contribution in [0.1, 0.15) is 37.4 Å². The Morgan fingerprint density at radius 3 is 1.47 bits per heavy atom. The third-order valence-electron chi connectivity index (χ3n) is 10.3. The topological polar surface area (TPSA) is 289 Å². The van der Waals surface area contributed by atoms with Crippen molar-refractivity contribution in [2.75, 3.05) is 28.5 Å². The molecule has 23 heteroatoms. The van der Waals surface area contributed by atoms with Crippen molar-refractivity contribution < 1.29 is 48.5 Å². The number of ketones is 2. The second kappa shape index (κ2) is 25.2. The van der Waals surface area contributed by atoms with Crippen LogP contribution in [0.25, 0.3) is 11.3 Å². The van der Waals surface area contributed by atoms with Gasteiger partial charge in [-0.2, -0.15) is 9.49 Å². The number of allylic oxidation sites excluding steroid dienone is 2. The van der Waals surface area contributed by atoms with Gasteiger partial charge >= 0.3 is 0 Å². The maximum atomic E-state index is 14.6. The van der Waals surface area contributed by atoms with Crippen molar-refractivity contribution in [3.05, 3.63) is 213 Å². The van der Waals surface area contributed by atoms with Gasteiger partial charge in [0.15, 0.2) is 17.4 Å². The summed E-state index contributed by atoms with van der Waals surface area (Å²) in [6.07, 6.45) is 4.89. The van der Waals surface area contributed by atoms with Gasteiger partial charge in [-0.25, -0.2) is 4.39 Å². The fraction of sp³-hybridized carbons (Fsp3) is 0.100. The molecule has 7 N–H and O–H groups in total. The van der Waals surface area contributed by atoms with Crippen LogP contribution in [0, 0.1) is 56.9 Å². The average molecular weight is 1040 g/mol. The lowest BCUT2D eigenvalue weighted by atomic mass is 10.1. The van der Waals surface area contributed by atoms with Gasteiger partial charge in [0, 0.05) is 76.2 Å². The normalized spacial score (nSPS) is 11.1. The fourth-order valence-corrected chi connectivity index (χ4v) is 7.28. The number of hydrogen-bond acceptors (Lipinski definition) is 17. The smallest absolute Gasteiger partial charge is 0.269 e. The van der Waals surface area contributed by atoms with Gasteiger partial charge in [-0.3, -0.25) is 45.0 Å². The highest BCUT2D eigenvalue weighted by molar-refractivity contribution is 8.02. The van der Waals surface area contributed by atoms with E-state index in [1.807, 2.05) is 13.2 Å². The van der Waals surface area contributed by atoms with E-state index >= 15 is 0 Å². The molecular weight excluding hydrogens is 991 g/mol. The summed E-state index contributed by atoms with van der Waals surface area (Å²) in [5.41, 5.74) is 4.85. The zero-order valence-electron chi connectivity index (χ0n) is 39.2. The number of anilines is 4. The highest BCUT2D eigenvalue weighted by atomic mass is 32.2. The number of phenolic OH excluding ortho intramolecular Hbond substituents is 3. The highest BCUT2D eigenvalue weighted by Gasteiger charge is 2.20. The van der Waals surface area contributed by atoms with Gasteiger partial charge in [0.25, 0.3) is 17.1 Å². The molecule has 0 aliphatic rings. The fourth-order valence-electron chi connectivity index (χ4n) is 6.35. The van der Waals surface area contributed by atoms with Crippen molar-refractivity contribution in [2.24, 2.45) is 0 Å². The zero-order valence-corrected chi connectivity index (χ0v) is 40.8. The number of nitro benzene ring substituents is 3. The number of non-ortho nitro benzene ring substituents is 3. The highest BCUT2D eigenvalue weighted by Crippen LogP contribution is 2.32. The number of Topliss-reactive ketones (excluding diaryl/α,β-unsaturated/α-hetero) is 1. The summed E-state index contributed by atoms with van der Waals surface area (Å²) in [7, 11) is 0. The summed E-state index contributed by atoms with van der Waals surface area (Å²) >= 11 is 2.39. The maximum absolute atomic E-state index is 14.6. The van der Waals surface area contributed by atoms with Crippen molar-refractivity contribution >= 4 is 75.0 Å². The summed E-state index contributed by atoms with van der Waals surface area (Å²) in [6.45, 7) is 5.35. The molecule has 0 bridgehead atoms. The number of thioether (sulfide) groups is 2. The molecule has 0 aliphatic heterocycles. The first kappa shape index (κ1) is 54.8. The van der Waals surface area contributed by atoms with Gasteiger partial charge < -0.3 is 31.3 Å². The number of nitro groups is 3. The predicted molar refractivity (Wildman–Crippen MR) is 278 cm³/mol. The molecule has 0 atom stereocenters.